The fourth-order valence-corrected chi connectivity index (χ4v) is 2.47. The molecule has 112 valence electrons. The number of hydrogen-bond donors (Lipinski definition) is 1. The molecule has 0 unspecified atom stereocenters. The van der Waals surface area contributed by atoms with E-state index in [1.807, 2.05) is 24.3 Å². The average molecular weight is 304 g/mol. The molecule has 6 nitrogen and oxygen atoms in total. The molecule has 0 aliphatic carbocycles. The van der Waals surface area contributed by atoms with Crippen molar-refractivity contribution in [2.24, 2.45) is 5.73 Å². The number of carbonyl (C=O) groups is 1. The summed E-state index contributed by atoms with van der Waals surface area (Å²) < 4.78 is 6.84. The Morgan fingerprint density at radius 1 is 1.13 bits per heavy atom. The number of nitrogens with zero attached hydrogens (tertiary/aromatic N) is 3. The highest BCUT2D eigenvalue weighted by Gasteiger charge is 2.11. The van der Waals surface area contributed by atoms with E-state index in [2.05, 4.69) is 10.1 Å². The van der Waals surface area contributed by atoms with E-state index < -0.39 is 5.91 Å². The van der Waals surface area contributed by atoms with E-state index >= 15 is 0 Å². The van der Waals surface area contributed by atoms with Crippen LogP contribution in [-0.4, -0.2) is 20.5 Å². The van der Waals surface area contributed by atoms with Crippen molar-refractivity contribution in [3.05, 3.63) is 66.8 Å². The first kappa shape index (κ1) is 13.3. The van der Waals surface area contributed by atoms with Gasteiger partial charge in [0, 0.05) is 16.7 Å². The number of carbonyl (C=O) groups excluding carboxylic acids is 1. The van der Waals surface area contributed by atoms with Crippen LogP contribution in [-0.2, 0) is 0 Å². The van der Waals surface area contributed by atoms with Gasteiger partial charge in [-0.05, 0) is 30.3 Å². The highest BCUT2D eigenvalue weighted by molar-refractivity contribution is 5.94. The number of primary amides is 1. The summed E-state index contributed by atoms with van der Waals surface area (Å²) >= 11 is 0. The number of rotatable bonds is 3. The Morgan fingerprint density at radius 3 is 2.83 bits per heavy atom. The third-order valence-electron chi connectivity index (χ3n) is 3.62. The lowest BCUT2D eigenvalue weighted by Crippen LogP contribution is -2.10. The van der Waals surface area contributed by atoms with Gasteiger partial charge in [-0.25, -0.2) is 9.50 Å². The predicted molar refractivity (Wildman–Crippen MR) is 84.6 cm³/mol. The quantitative estimate of drug-likeness (QED) is 0.630. The van der Waals surface area contributed by atoms with Gasteiger partial charge in [-0.1, -0.05) is 12.1 Å². The Balaban J connectivity index is 1.89. The van der Waals surface area contributed by atoms with Gasteiger partial charge in [0.15, 0.2) is 5.65 Å². The number of aromatic nitrogens is 3. The van der Waals surface area contributed by atoms with Crippen LogP contribution in [0.5, 0.6) is 0 Å². The fraction of sp³-hybridized carbons (Fsp3) is 0. The molecular formula is C17H12N4O2. The second-order valence-corrected chi connectivity index (χ2v) is 5.09. The summed E-state index contributed by atoms with van der Waals surface area (Å²) in [5.41, 5.74) is 9.79. The lowest BCUT2D eigenvalue weighted by atomic mass is 10.1. The first-order valence-electron chi connectivity index (χ1n) is 7.00. The van der Waals surface area contributed by atoms with Gasteiger partial charge in [-0.15, -0.1) is 0 Å². The first-order valence-corrected chi connectivity index (χ1v) is 7.00. The predicted octanol–water partition coefficient (Wildman–Crippen LogP) is 2.76. The number of hydrogen-bond acceptors (Lipinski definition) is 4. The molecule has 0 atom stereocenters. The molecule has 0 aliphatic rings. The molecule has 1 amide bonds. The van der Waals surface area contributed by atoms with E-state index in [0.29, 0.717) is 5.56 Å². The van der Waals surface area contributed by atoms with Crippen molar-refractivity contribution >= 4 is 11.6 Å². The minimum atomic E-state index is -0.465. The number of fused-ring (bicyclic) bond motifs is 1. The summed E-state index contributed by atoms with van der Waals surface area (Å²) in [6.07, 6.45) is 4.96. The molecule has 0 saturated carbocycles. The summed E-state index contributed by atoms with van der Waals surface area (Å²) in [6.45, 7) is 0. The molecule has 1 aromatic carbocycles. The Kier molecular flexibility index (Phi) is 2.94. The van der Waals surface area contributed by atoms with E-state index in [-0.39, 0.29) is 0 Å². The lowest BCUT2D eigenvalue weighted by Gasteiger charge is -2.04. The molecule has 0 aliphatic heterocycles. The zero-order valence-electron chi connectivity index (χ0n) is 12.0. The van der Waals surface area contributed by atoms with Crippen molar-refractivity contribution in [3.63, 3.8) is 0 Å². The maximum Gasteiger partial charge on any atom is 0.248 e. The van der Waals surface area contributed by atoms with Gasteiger partial charge < -0.3 is 10.2 Å². The van der Waals surface area contributed by atoms with Gasteiger partial charge >= 0.3 is 0 Å². The number of benzene rings is 1. The Morgan fingerprint density at radius 2 is 2.04 bits per heavy atom. The van der Waals surface area contributed by atoms with Gasteiger partial charge in [0.1, 0.15) is 0 Å². The summed E-state index contributed by atoms with van der Waals surface area (Å²) in [5.74, 6) is -0.465. The van der Waals surface area contributed by atoms with Crippen LogP contribution in [0.25, 0.3) is 28.2 Å². The van der Waals surface area contributed by atoms with Crippen LogP contribution in [0.3, 0.4) is 0 Å². The van der Waals surface area contributed by atoms with Crippen molar-refractivity contribution in [2.45, 2.75) is 0 Å². The molecule has 3 aromatic heterocycles. The van der Waals surface area contributed by atoms with Crippen LogP contribution >= 0.6 is 0 Å². The first-order chi connectivity index (χ1) is 11.2. The Bertz CT molecular complexity index is 1000. The maximum absolute atomic E-state index is 11.4. The topological polar surface area (TPSA) is 86.4 Å². The molecule has 2 N–H and O–H groups in total. The minimum Gasteiger partial charge on any atom is -0.472 e. The molecule has 4 aromatic rings. The third-order valence-corrected chi connectivity index (χ3v) is 3.62. The van der Waals surface area contributed by atoms with Crippen LogP contribution in [0.1, 0.15) is 10.4 Å². The molecule has 0 fully saturated rings. The van der Waals surface area contributed by atoms with Gasteiger partial charge in [-0.2, -0.15) is 5.10 Å². The monoisotopic (exact) mass is 304 g/mol. The summed E-state index contributed by atoms with van der Waals surface area (Å²) in [5, 5.41) is 4.61. The number of imidazole rings is 1. The highest BCUT2D eigenvalue weighted by atomic mass is 16.3. The summed E-state index contributed by atoms with van der Waals surface area (Å²) in [6, 6.07) is 12.7. The number of amides is 1. The molecule has 6 heteroatoms. The number of nitrogens with two attached hydrogens (primary N) is 1. The molecule has 0 spiro atoms. The van der Waals surface area contributed by atoms with Crippen LogP contribution in [0.4, 0.5) is 0 Å². The number of furan rings is 1. The third kappa shape index (κ3) is 2.26. The van der Waals surface area contributed by atoms with Crippen LogP contribution in [0.15, 0.2) is 65.6 Å². The van der Waals surface area contributed by atoms with Crippen LogP contribution in [0, 0.1) is 0 Å². The molecule has 23 heavy (non-hydrogen) atoms. The van der Waals surface area contributed by atoms with Crippen molar-refractivity contribution in [2.75, 3.05) is 0 Å². The second kappa shape index (κ2) is 5.10. The van der Waals surface area contributed by atoms with Gasteiger partial charge in [0.05, 0.1) is 30.1 Å². The summed E-state index contributed by atoms with van der Waals surface area (Å²) in [7, 11) is 0. The van der Waals surface area contributed by atoms with E-state index in [0.717, 1.165) is 28.2 Å². The fourth-order valence-electron chi connectivity index (χ4n) is 2.47. The van der Waals surface area contributed by atoms with Gasteiger partial charge in [0.25, 0.3) is 0 Å². The Hall–Kier alpha value is -3.41. The lowest BCUT2D eigenvalue weighted by molar-refractivity contribution is 0.100. The molecule has 0 saturated heterocycles. The van der Waals surface area contributed by atoms with E-state index in [1.165, 1.54) is 0 Å². The standard InChI is InChI=1S/C17H12N4O2/c18-17(22)12-3-1-2-11(8-12)15-9-19-16-5-4-14(20-21(15)16)13-6-7-23-10-13/h1-10H,(H2,18,22). The van der Waals surface area contributed by atoms with Crippen molar-refractivity contribution in [1.82, 2.24) is 14.6 Å². The van der Waals surface area contributed by atoms with Crippen LogP contribution < -0.4 is 5.73 Å². The van der Waals surface area contributed by atoms with Gasteiger partial charge in [0.2, 0.25) is 5.91 Å². The zero-order chi connectivity index (χ0) is 15.8. The van der Waals surface area contributed by atoms with E-state index in [1.54, 1.807) is 41.4 Å². The SMILES string of the molecule is NC(=O)c1cccc(-c2cnc3ccc(-c4ccoc4)nn23)c1. The minimum absolute atomic E-state index is 0.448. The normalized spacial score (nSPS) is 11.0. The summed E-state index contributed by atoms with van der Waals surface area (Å²) in [4.78, 5) is 15.7. The van der Waals surface area contributed by atoms with Crippen molar-refractivity contribution in [1.29, 1.82) is 0 Å². The van der Waals surface area contributed by atoms with E-state index in [9.17, 15) is 4.79 Å². The van der Waals surface area contributed by atoms with Crippen molar-refractivity contribution in [3.8, 4) is 22.5 Å². The zero-order valence-corrected chi connectivity index (χ0v) is 12.0. The second-order valence-electron chi connectivity index (χ2n) is 5.09. The highest BCUT2D eigenvalue weighted by Crippen LogP contribution is 2.23. The Labute approximate surface area is 131 Å². The smallest absolute Gasteiger partial charge is 0.248 e. The molecular weight excluding hydrogens is 292 g/mol. The van der Waals surface area contributed by atoms with Gasteiger partial charge in [-0.3, -0.25) is 4.79 Å². The average Bonchev–Trinajstić information content (AvgIpc) is 3.24. The maximum atomic E-state index is 11.4. The van der Waals surface area contributed by atoms with E-state index in [4.69, 9.17) is 10.2 Å². The molecule has 4 rings (SSSR count). The van der Waals surface area contributed by atoms with Crippen molar-refractivity contribution < 1.29 is 9.21 Å². The molecule has 3 heterocycles. The molecule has 0 radical (unpaired) electrons. The molecule has 0 bridgehead atoms. The van der Waals surface area contributed by atoms with Crippen LogP contribution in [0.2, 0.25) is 0 Å². The largest absolute Gasteiger partial charge is 0.472 e.